The molecule has 0 aromatic carbocycles. The van der Waals surface area contributed by atoms with E-state index in [1.807, 2.05) is 4.90 Å². The van der Waals surface area contributed by atoms with Crippen LogP contribution in [0.5, 0.6) is 0 Å². The lowest BCUT2D eigenvalue weighted by Crippen LogP contribution is -2.36. The van der Waals surface area contributed by atoms with Crippen molar-refractivity contribution in [3.05, 3.63) is 0 Å². The van der Waals surface area contributed by atoms with Crippen LogP contribution in [0.2, 0.25) is 0 Å². The minimum absolute atomic E-state index is 0.132. The molecule has 80 valence electrons. The van der Waals surface area contributed by atoms with Crippen molar-refractivity contribution in [2.45, 2.75) is 38.5 Å². The molecular weight excluding hydrogens is 176 g/mol. The highest BCUT2D eigenvalue weighted by atomic mass is 16.2. The van der Waals surface area contributed by atoms with E-state index in [1.165, 1.54) is 38.5 Å². The number of hydrogen-bond acceptors (Lipinski definition) is 2. The van der Waals surface area contributed by atoms with Crippen molar-refractivity contribution in [3.8, 4) is 0 Å². The molecule has 1 spiro atoms. The van der Waals surface area contributed by atoms with E-state index in [9.17, 15) is 4.79 Å². The maximum absolute atomic E-state index is 11.4. The molecule has 3 nitrogen and oxygen atoms in total. The van der Waals surface area contributed by atoms with Crippen LogP contribution in [0.15, 0.2) is 0 Å². The van der Waals surface area contributed by atoms with E-state index < -0.39 is 0 Å². The zero-order chi connectivity index (χ0) is 10.0. The number of likely N-dealkylation sites (tertiary alicyclic amines) is 1. The molecule has 14 heavy (non-hydrogen) atoms. The van der Waals surface area contributed by atoms with Gasteiger partial charge >= 0.3 is 0 Å². The Morgan fingerprint density at radius 2 is 1.93 bits per heavy atom. The number of amides is 1. The summed E-state index contributed by atoms with van der Waals surface area (Å²) in [6.45, 7) is 2.09. The molecule has 3 heteroatoms. The molecule has 1 saturated carbocycles. The van der Waals surface area contributed by atoms with Gasteiger partial charge in [0, 0.05) is 13.1 Å². The first-order valence-corrected chi connectivity index (χ1v) is 5.74. The van der Waals surface area contributed by atoms with Crippen LogP contribution in [0.1, 0.15) is 38.5 Å². The summed E-state index contributed by atoms with van der Waals surface area (Å²) >= 11 is 0. The molecule has 2 fully saturated rings. The molecule has 0 bridgehead atoms. The topological polar surface area (TPSA) is 46.3 Å². The summed E-state index contributed by atoms with van der Waals surface area (Å²) in [4.78, 5) is 13.4. The van der Waals surface area contributed by atoms with Gasteiger partial charge < -0.3 is 10.6 Å². The second-order valence-electron chi connectivity index (χ2n) is 4.83. The van der Waals surface area contributed by atoms with E-state index in [4.69, 9.17) is 5.73 Å². The van der Waals surface area contributed by atoms with Crippen molar-refractivity contribution < 1.29 is 4.79 Å². The molecule has 0 aromatic heterocycles. The minimum Gasteiger partial charge on any atom is -0.341 e. The van der Waals surface area contributed by atoms with Crippen LogP contribution in [0.4, 0.5) is 0 Å². The molecule has 2 aliphatic rings. The van der Waals surface area contributed by atoms with E-state index in [0.717, 1.165) is 13.1 Å². The molecule has 0 radical (unpaired) electrons. The van der Waals surface area contributed by atoms with E-state index >= 15 is 0 Å². The van der Waals surface area contributed by atoms with Gasteiger partial charge in [-0.2, -0.15) is 0 Å². The second-order valence-corrected chi connectivity index (χ2v) is 4.83. The zero-order valence-corrected chi connectivity index (χ0v) is 8.80. The van der Waals surface area contributed by atoms with E-state index in [0.29, 0.717) is 5.41 Å². The third kappa shape index (κ3) is 1.78. The smallest absolute Gasteiger partial charge is 0.236 e. The lowest BCUT2D eigenvalue weighted by atomic mass is 9.73. The highest BCUT2D eigenvalue weighted by Gasteiger charge is 2.39. The van der Waals surface area contributed by atoms with Crippen LogP contribution in [0.3, 0.4) is 0 Å². The monoisotopic (exact) mass is 196 g/mol. The fourth-order valence-corrected chi connectivity index (χ4v) is 2.99. The van der Waals surface area contributed by atoms with Crippen molar-refractivity contribution in [2.24, 2.45) is 11.1 Å². The van der Waals surface area contributed by atoms with Gasteiger partial charge in [-0.15, -0.1) is 0 Å². The van der Waals surface area contributed by atoms with Gasteiger partial charge in [0.25, 0.3) is 0 Å². The molecule has 2 N–H and O–H groups in total. The third-order valence-corrected chi connectivity index (χ3v) is 3.88. The SMILES string of the molecule is NCC(=O)N1CCC2(CCCCC2)C1. The van der Waals surface area contributed by atoms with Gasteiger partial charge in [0.1, 0.15) is 0 Å². The van der Waals surface area contributed by atoms with Crippen molar-refractivity contribution in [1.29, 1.82) is 0 Å². The summed E-state index contributed by atoms with van der Waals surface area (Å²) in [5.41, 5.74) is 5.85. The Balaban J connectivity index is 1.95. The highest BCUT2D eigenvalue weighted by molar-refractivity contribution is 5.78. The van der Waals surface area contributed by atoms with E-state index in [-0.39, 0.29) is 12.5 Å². The van der Waals surface area contributed by atoms with Crippen LogP contribution in [-0.2, 0) is 4.79 Å². The molecule has 1 heterocycles. The van der Waals surface area contributed by atoms with Crippen molar-refractivity contribution in [3.63, 3.8) is 0 Å². The number of hydrogen-bond donors (Lipinski definition) is 1. The van der Waals surface area contributed by atoms with Crippen LogP contribution < -0.4 is 5.73 Å². The maximum Gasteiger partial charge on any atom is 0.236 e. The molecule has 1 aliphatic carbocycles. The Hall–Kier alpha value is -0.570. The van der Waals surface area contributed by atoms with Gasteiger partial charge in [-0.3, -0.25) is 4.79 Å². The molecule has 0 unspecified atom stereocenters. The highest BCUT2D eigenvalue weighted by Crippen LogP contribution is 2.43. The Bertz CT molecular complexity index is 221. The summed E-state index contributed by atoms with van der Waals surface area (Å²) in [7, 11) is 0. The fourth-order valence-electron chi connectivity index (χ4n) is 2.99. The van der Waals surface area contributed by atoms with Crippen LogP contribution in [-0.4, -0.2) is 30.4 Å². The molecule has 1 amide bonds. The first kappa shape index (κ1) is 9.97. The van der Waals surface area contributed by atoms with Crippen molar-refractivity contribution in [1.82, 2.24) is 4.90 Å². The largest absolute Gasteiger partial charge is 0.341 e. The van der Waals surface area contributed by atoms with Gasteiger partial charge in [0.05, 0.1) is 6.54 Å². The van der Waals surface area contributed by atoms with Gasteiger partial charge in [0.15, 0.2) is 0 Å². The van der Waals surface area contributed by atoms with Gasteiger partial charge in [-0.05, 0) is 24.7 Å². The normalized spacial score (nSPS) is 25.6. The summed E-state index contributed by atoms with van der Waals surface area (Å²) in [6, 6.07) is 0. The average Bonchev–Trinajstić information content (AvgIpc) is 2.62. The molecular formula is C11H20N2O. The molecule has 0 atom stereocenters. The standard InChI is InChI=1S/C11H20N2O/c12-8-10(14)13-7-6-11(9-13)4-2-1-3-5-11/h1-9,12H2. The first-order chi connectivity index (χ1) is 6.76. The van der Waals surface area contributed by atoms with E-state index in [2.05, 4.69) is 0 Å². The van der Waals surface area contributed by atoms with Crippen molar-refractivity contribution in [2.75, 3.05) is 19.6 Å². The Morgan fingerprint density at radius 1 is 1.21 bits per heavy atom. The summed E-state index contributed by atoms with van der Waals surface area (Å²) in [5.74, 6) is 0.132. The minimum atomic E-state index is 0.132. The quantitative estimate of drug-likeness (QED) is 0.683. The molecule has 1 aliphatic heterocycles. The average molecular weight is 196 g/mol. The summed E-state index contributed by atoms with van der Waals surface area (Å²) in [6.07, 6.45) is 7.93. The maximum atomic E-state index is 11.4. The van der Waals surface area contributed by atoms with Crippen LogP contribution in [0.25, 0.3) is 0 Å². The lowest BCUT2D eigenvalue weighted by Gasteiger charge is -2.33. The van der Waals surface area contributed by atoms with Gasteiger partial charge in [-0.1, -0.05) is 19.3 Å². The lowest BCUT2D eigenvalue weighted by molar-refractivity contribution is -0.129. The number of nitrogens with zero attached hydrogens (tertiary/aromatic N) is 1. The summed E-state index contributed by atoms with van der Waals surface area (Å²) in [5, 5.41) is 0. The zero-order valence-electron chi connectivity index (χ0n) is 8.80. The predicted molar refractivity (Wildman–Crippen MR) is 55.8 cm³/mol. The number of carbonyl (C=O) groups excluding carboxylic acids is 1. The first-order valence-electron chi connectivity index (χ1n) is 5.74. The van der Waals surface area contributed by atoms with Crippen LogP contribution in [0, 0.1) is 5.41 Å². The molecule has 1 saturated heterocycles. The van der Waals surface area contributed by atoms with E-state index in [1.54, 1.807) is 0 Å². The Kier molecular flexibility index (Phi) is 2.77. The Morgan fingerprint density at radius 3 is 2.57 bits per heavy atom. The second kappa shape index (κ2) is 3.89. The number of carbonyl (C=O) groups is 1. The number of nitrogens with two attached hydrogens (primary N) is 1. The Labute approximate surface area is 85.6 Å². The predicted octanol–water partition coefficient (Wildman–Crippen LogP) is 1.13. The van der Waals surface area contributed by atoms with Crippen molar-refractivity contribution >= 4 is 5.91 Å². The fraction of sp³-hybridized carbons (Fsp3) is 0.909. The number of rotatable bonds is 1. The third-order valence-electron chi connectivity index (χ3n) is 3.88. The van der Waals surface area contributed by atoms with Gasteiger partial charge in [-0.25, -0.2) is 0 Å². The summed E-state index contributed by atoms with van der Waals surface area (Å²) < 4.78 is 0. The molecule has 0 aromatic rings. The van der Waals surface area contributed by atoms with Crippen LogP contribution >= 0.6 is 0 Å². The molecule has 2 rings (SSSR count). The van der Waals surface area contributed by atoms with Gasteiger partial charge in [0.2, 0.25) is 5.91 Å².